The molecule has 1 aliphatic heterocycles. The van der Waals surface area contributed by atoms with Crippen LogP contribution in [0.5, 0.6) is 0 Å². The number of rotatable bonds is 4. The minimum absolute atomic E-state index is 0.0566. The highest BCUT2D eigenvalue weighted by Crippen LogP contribution is 2.31. The summed E-state index contributed by atoms with van der Waals surface area (Å²) in [5.74, 6) is 0. The van der Waals surface area contributed by atoms with Crippen molar-refractivity contribution in [1.29, 1.82) is 0 Å². The van der Waals surface area contributed by atoms with Gasteiger partial charge in [0.25, 0.3) is 5.56 Å². The van der Waals surface area contributed by atoms with Crippen molar-refractivity contribution in [2.24, 2.45) is 12.2 Å². The van der Waals surface area contributed by atoms with Crippen molar-refractivity contribution < 1.29 is 0 Å². The number of hydrogen-bond acceptors (Lipinski definition) is 5. The van der Waals surface area contributed by atoms with E-state index in [4.69, 9.17) is 0 Å². The van der Waals surface area contributed by atoms with Gasteiger partial charge in [-0.05, 0) is 30.4 Å². The van der Waals surface area contributed by atoms with Crippen LogP contribution in [0, 0.1) is 4.91 Å². The highest BCUT2D eigenvalue weighted by molar-refractivity contribution is 5.79. The summed E-state index contributed by atoms with van der Waals surface area (Å²) in [6, 6.07) is 7.46. The first-order chi connectivity index (χ1) is 11.2. The van der Waals surface area contributed by atoms with Crippen molar-refractivity contribution >= 4 is 5.69 Å². The summed E-state index contributed by atoms with van der Waals surface area (Å²) in [6.07, 6.45) is 5.21. The molecule has 0 atom stereocenters. The average Bonchev–Trinajstić information content (AvgIpc) is 2.59. The molecule has 6 heteroatoms. The number of nitroso groups, excluding NO2 is 1. The predicted octanol–water partition coefficient (Wildman–Crippen LogP) is 2.70. The van der Waals surface area contributed by atoms with Crippen LogP contribution >= 0.6 is 0 Å². The van der Waals surface area contributed by atoms with Crippen molar-refractivity contribution in [3.05, 3.63) is 51.3 Å². The van der Waals surface area contributed by atoms with Gasteiger partial charge in [-0.15, -0.1) is 0 Å². The van der Waals surface area contributed by atoms with Crippen LogP contribution in [-0.4, -0.2) is 22.9 Å². The molecule has 1 aliphatic rings. The van der Waals surface area contributed by atoms with E-state index < -0.39 is 0 Å². The molecule has 1 fully saturated rings. The van der Waals surface area contributed by atoms with Crippen molar-refractivity contribution in [3.8, 4) is 11.1 Å². The first-order valence-electron chi connectivity index (χ1n) is 7.91. The van der Waals surface area contributed by atoms with Crippen LogP contribution in [0.4, 0.5) is 5.69 Å². The molecule has 1 aromatic carbocycles. The lowest BCUT2D eigenvalue weighted by atomic mass is 9.98. The molecule has 120 valence electrons. The number of nitrogens with zero attached hydrogens (tertiary/aromatic N) is 4. The molecular weight excluding hydrogens is 292 g/mol. The molecule has 0 N–H and O–H groups in total. The first kappa shape index (κ1) is 15.4. The Bertz CT molecular complexity index is 763. The smallest absolute Gasteiger partial charge is 0.276 e. The molecule has 2 aromatic rings. The van der Waals surface area contributed by atoms with Crippen LogP contribution < -0.4 is 10.5 Å². The Morgan fingerprint density at radius 3 is 2.65 bits per heavy atom. The molecule has 0 unspecified atom stereocenters. The lowest BCUT2D eigenvalue weighted by molar-refractivity contribution is 0.574. The third kappa shape index (κ3) is 3.02. The number of piperidine rings is 1. The Morgan fingerprint density at radius 2 is 1.91 bits per heavy atom. The maximum atomic E-state index is 12.8. The Morgan fingerprint density at radius 1 is 1.17 bits per heavy atom. The second-order valence-corrected chi connectivity index (χ2v) is 5.83. The van der Waals surface area contributed by atoms with E-state index in [2.05, 4.69) is 15.2 Å². The topological polar surface area (TPSA) is 67.6 Å². The first-order valence-corrected chi connectivity index (χ1v) is 7.91. The standard InChI is InChI=1S/C17H20N4O2/c1-20-17(22)16(14-8-4-3-7-13(14)11-19-23)15(12-18-20)21-9-5-2-6-10-21/h3-4,7-8,12H,2,5-6,9-11H2,1H3. The number of anilines is 1. The summed E-state index contributed by atoms with van der Waals surface area (Å²) in [5, 5.41) is 7.19. The SMILES string of the molecule is Cn1ncc(N2CCCCC2)c(-c2ccccc2CN=O)c1=O. The molecule has 3 rings (SSSR count). The summed E-state index contributed by atoms with van der Waals surface area (Å²) < 4.78 is 1.34. The fourth-order valence-electron chi connectivity index (χ4n) is 3.13. The van der Waals surface area contributed by atoms with Gasteiger partial charge in [0.1, 0.15) is 6.54 Å². The van der Waals surface area contributed by atoms with E-state index in [1.807, 2.05) is 24.3 Å². The van der Waals surface area contributed by atoms with Crippen molar-refractivity contribution in [2.45, 2.75) is 25.8 Å². The summed E-state index contributed by atoms with van der Waals surface area (Å²) in [7, 11) is 1.65. The monoisotopic (exact) mass is 312 g/mol. The zero-order chi connectivity index (χ0) is 16.2. The van der Waals surface area contributed by atoms with E-state index >= 15 is 0 Å². The van der Waals surface area contributed by atoms with Gasteiger partial charge in [0.05, 0.1) is 17.4 Å². The van der Waals surface area contributed by atoms with Gasteiger partial charge in [0.15, 0.2) is 0 Å². The third-order valence-corrected chi connectivity index (χ3v) is 4.34. The van der Waals surface area contributed by atoms with Crippen molar-refractivity contribution in [2.75, 3.05) is 18.0 Å². The van der Waals surface area contributed by atoms with Crippen LogP contribution in [0.25, 0.3) is 11.1 Å². The number of aromatic nitrogens is 2. The van der Waals surface area contributed by atoms with Gasteiger partial charge in [0, 0.05) is 20.1 Å². The minimum atomic E-state index is -0.147. The molecule has 2 heterocycles. The predicted molar refractivity (Wildman–Crippen MR) is 90.5 cm³/mol. The molecule has 0 amide bonds. The van der Waals surface area contributed by atoms with Crippen LogP contribution in [-0.2, 0) is 13.6 Å². The fraction of sp³-hybridized carbons (Fsp3) is 0.412. The van der Waals surface area contributed by atoms with E-state index in [0.29, 0.717) is 5.56 Å². The number of hydrogen-bond donors (Lipinski definition) is 0. The molecule has 0 radical (unpaired) electrons. The van der Waals surface area contributed by atoms with Crippen LogP contribution in [0.15, 0.2) is 40.4 Å². The van der Waals surface area contributed by atoms with E-state index in [-0.39, 0.29) is 12.1 Å². The lowest BCUT2D eigenvalue weighted by Crippen LogP contribution is -2.33. The molecule has 1 aromatic heterocycles. The molecule has 23 heavy (non-hydrogen) atoms. The minimum Gasteiger partial charge on any atom is -0.370 e. The van der Waals surface area contributed by atoms with Crippen molar-refractivity contribution in [1.82, 2.24) is 9.78 Å². The Hall–Kier alpha value is -2.50. The maximum Gasteiger partial charge on any atom is 0.276 e. The summed E-state index contributed by atoms with van der Waals surface area (Å²) in [5.41, 5.74) is 2.86. The molecule has 1 saturated heterocycles. The average molecular weight is 312 g/mol. The number of benzene rings is 1. The van der Waals surface area contributed by atoms with E-state index in [9.17, 15) is 9.70 Å². The largest absolute Gasteiger partial charge is 0.370 e. The normalized spacial score (nSPS) is 14.7. The highest BCUT2D eigenvalue weighted by atomic mass is 16.3. The van der Waals surface area contributed by atoms with Gasteiger partial charge in [-0.25, -0.2) is 4.68 Å². The van der Waals surface area contributed by atoms with Gasteiger partial charge in [-0.2, -0.15) is 10.0 Å². The summed E-state index contributed by atoms with van der Waals surface area (Å²) in [6.45, 7) is 1.91. The molecule has 6 nitrogen and oxygen atoms in total. The second-order valence-electron chi connectivity index (χ2n) is 5.83. The third-order valence-electron chi connectivity index (χ3n) is 4.34. The van der Waals surface area contributed by atoms with E-state index in [1.165, 1.54) is 11.1 Å². The molecule has 0 spiro atoms. The maximum absolute atomic E-state index is 12.8. The zero-order valence-corrected chi connectivity index (χ0v) is 13.2. The van der Waals surface area contributed by atoms with Crippen LogP contribution in [0.2, 0.25) is 0 Å². The zero-order valence-electron chi connectivity index (χ0n) is 13.2. The molecule has 0 aliphatic carbocycles. The number of aryl methyl sites for hydroxylation is 1. The van der Waals surface area contributed by atoms with Gasteiger partial charge in [-0.3, -0.25) is 4.79 Å². The van der Waals surface area contributed by atoms with Crippen LogP contribution in [0.1, 0.15) is 24.8 Å². The molecular formula is C17H20N4O2. The van der Waals surface area contributed by atoms with Gasteiger partial charge < -0.3 is 4.90 Å². The van der Waals surface area contributed by atoms with Crippen LogP contribution in [0.3, 0.4) is 0 Å². The van der Waals surface area contributed by atoms with Gasteiger partial charge in [0.2, 0.25) is 0 Å². The second kappa shape index (κ2) is 6.73. The Labute approximate surface area is 134 Å². The lowest BCUT2D eigenvalue weighted by Gasteiger charge is -2.30. The summed E-state index contributed by atoms with van der Waals surface area (Å²) in [4.78, 5) is 25.7. The van der Waals surface area contributed by atoms with Crippen molar-refractivity contribution in [3.63, 3.8) is 0 Å². The van der Waals surface area contributed by atoms with E-state index in [0.717, 1.165) is 42.7 Å². The Kier molecular flexibility index (Phi) is 4.50. The fourth-order valence-corrected chi connectivity index (χ4v) is 3.13. The van der Waals surface area contributed by atoms with E-state index in [1.54, 1.807) is 13.2 Å². The van der Waals surface area contributed by atoms with Gasteiger partial charge >= 0.3 is 0 Å². The highest BCUT2D eigenvalue weighted by Gasteiger charge is 2.21. The quantitative estimate of drug-likeness (QED) is 0.814. The summed E-state index contributed by atoms with van der Waals surface area (Å²) >= 11 is 0. The molecule has 0 saturated carbocycles. The molecule has 0 bridgehead atoms. The Balaban J connectivity index is 2.19. The van der Waals surface area contributed by atoms with Gasteiger partial charge in [-0.1, -0.05) is 29.4 Å².